The van der Waals surface area contributed by atoms with Crippen molar-refractivity contribution in [2.45, 2.75) is 39.8 Å². The zero-order valence-electron chi connectivity index (χ0n) is 14.1. The van der Waals surface area contributed by atoms with Crippen LogP contribution in [0.5, 0.6) is 0 Å². The van der Waals surface area contributed by atoms with E-state index in [0.29, 0.717) is 0 Å². The van der Waals surface area contributed by atoms with E-state index in [4.69, 9.17) is 0 Å². The fourth-order valence-electron chi connectivity index (χ4n) is 3.47. The van der Waals surface area contributed by atoms with Crippen molar-refractivity contribution >= 4 is 17.3 Å². The SMILES string of the molecule is CC(=O)N1c2ccccc2C(Nc2cncc(C)c2)C(C)C1C. The van der Waals surface area contributed by atoms with Crippen LogP contribution in [0.1, 0.15) is 37.9 Å². The van der Waals surface area contributed by atoms with Crippen molar-refractivity contribution in [3.63, 3.8) is 0 Å². The van der Waals surface area contributed by atoms with Gasteiger partial charge in [-0.2, -0.15) is 0 Å². The maximum Gasteiger partial charge on any atom is 0.224 e. The molecule has 2 heterocycles. The first-order valence-electron chi connectivity index (χ1n) is 8.06. The van der Waals surface area contributed by atoms with E-state index in [-0.39, 0.29) is 23.9 Å². The average Bonchev–Trinajstić information content (AvgIpc) is 2.51. The number of carbonyl (C=O) groups is 1. The normalized spacial score (nSPS) is 23.3. The summed E-state index contributed by atoms with van der Waals surface area (Å²) in [4.78, 5) is 18.3. The minimum atomic E-state index is 0.0903. The maximum atomic E-state index is 12.1. The predicted molar refractivity (Wildman–Crippen MR) is 93.6 cm³/mol. The Kier molecular flexibility index (Phi) is 4.07. The molecule has 4 nitrogen and oxygen atoms in total. The number of hydrogen-bond donors (Lipinski definition) is 1. The Labute approximate surface area is 137 Å². The first-order valence-corrected chi connectivity index (χ1v) is 8.06. The van der Waals surface area contributed by atoms with Gasteiger partial charge >= 0.3 is 0 Å². The van der Waals surface area contributed by atoms with Gasteiger partial charge in [-0.3, -0.25) is 9.78 Å². The van der Waals surface area contributed by atoms with E-state index in [2.05, 4.69) is 36.3 Å². The Morgan fingerprint density at radius 1 is 1.22 bits per heavy atom. The van der Waals surface area contributed by atoms with E-state index in [1.807, 2.05) is 42.4 Å². The van der Waals surface area contributed by atoms with Gasteiger partial charge < -0.3 is 10.2 Å². The summed E-state index contributed by atoms with van der Waals surface area (Å²) in [6.07, 6.45) is 3.70. The van der Waals surface area contributed by atoms with E-state index in [1.54, 1.807) is 6.92 Å². The van der Waals surface area contributed by atoms with E-state index in [1.165, 1.54) is 0 Å². The van der Waals surface area contributed by atoms with E-state index < -0.39 is 0 Å². The summed E-state index contributed by atoms with van der Waals surface area (Å²) in [5.74, 6) is 0.377. The van der Waals surface area contributed by atoms with Gasteiger partial charge in [0.25, 0.3) is 0 Å². The summed E-state index contributed by atoms with van der Waals surface area (Å²) >= 11 is 0. The molecule has 1 aromatic carbocycles. The predicted octanol–water partition coefficient (Wildman–Crippen LogP) is 3.93. The molecule has 3 rings (SSSR count). The first-order chi connectivity index (χ1) is 11.0. The molecule has 3 atom stereocenters. The largest absolute Gasteiger partial charge is 0.377 e. The highest BCUT2D eigenvalue weighted by atomic mass is 16.2. The third-order valence-electron chi connectivity index (χ3n) is 4.76. The lowest BCUT2D eigenvalue weighted by Gasteiger charge is -2.44. The molecule has 1 N–H and O–H groups in total. The second-order valence-corrected chi connectivity index (χ2v) is 6.42. The molecule has 23 heavy (non-hydrogen) atoms. The molecule has 0 radical (unpaired) electrons. The number of benzene rings is 1. The Hall–Kier alpha value is -2.36. The van der Waals surface area contributed by atoms with Gasteiger partial charge in [0.1, 0.15) is 0 Å². The summed E-state index contributed by atoms with van der Waals surface area (Å²) < 4.78 is 0. The second-order valence-electron chi connectivity index (χ2n) is 6.42. The average molecular weight is 309 g/mol. The molecule has 120 valence electrons. The minimum absolute atomic E-state index is 0.0903. The van der Waals surface area contributed by atoms with E-state index >= 15 is 0 Å². The quantitative estimate of drug-likeness (QED) is 0.914. The Morgan fingerprint density at radius 2 is 1.96 bits per heavy atom. The molecular weight excluding hydrogens is 286 g/mol. The number of carbonyl (C=O) groups excluding carboxylic acids is 1. The summed E-state index contributed by atoms with van der Waals surface area (Å²) in [5.41, 5.74) is 4.31. The van der Waals surface area contributed by atoms with Crippen LogP contribution in [0.2, 0.25) is 0 Å². The summed E-state index contributed by atoms with van der Waals surface area (Å²) in [6, 6.07) is 10.5. The molecule has 0 fully saturated rings. The number of anilines is 2. The fourth-order valence-corrected chi connectivity index (χ4v) is 3.47. The molecule has 3 unspecified atom stereocenters. The van der Waals surface area contributed by atoms with Crippen molar-refractivity contribution in [1.29, 1.82) is 0 Å². The number of aryl methyl sites for hydroxylation is 1. The van der Waals surface area contributed by atoms with Crippen molar-refractivity contribution in [2.24, 2.45) is 5.92 Å². The molecule has 2 aromatic rings. The molecule has 0 saturated carbocycles. The van der Waals surface area contributed by atoms with Crippen molar-refractivity contribution in [3.8, 4) is 0 Å². The molecule has 1 aromatic heterocycles. The molecule has 1 aliphatic rings. The van der Waals surface area contributed by atoms with Gasteiger partial charge in [-0.25, -0.2) is 0 Å². The molecule has 0 spiro atoms. The van der Waals surface area contributed by atoms with Crippen LogP contribution in [0, 0.1) is 12.8 Å². The van der Waals surface area contributed by atoms with Gasteiger partial charge in [-0.05, 0) is 37.1 Å². The maximum absolute atomic E-state index is 12.1. The monoisotopic (exact) mass is 309 g/mol. The molecule has 1 amide bonds. The van der Waals surface area contributed by atoms with Crippen LogP contribution in [0.4, 0.5) is 11.4 Å². The Bertz CT molecular complexity index is 728. The van der Waals surface area contributed by atoms with Crippen molar-refractivity contribution < 1.29 is 4.79 Å². The van der Waals surface area contributed by atoms with Gasteiger partial charge in [0.15, 0.2) is 0 Å². The number of aromatic nitrogens is 1. The topological polar surface area (TPSA) is 45.2 Å². The van der Waals surface area contributed by atoms with Gasteiger partial charge in [-0.1, -0.05) is 25.1 Å². The van der Waals surface area contributed by atoms with Crippen molar-refractivity contribution in [2.75, 3.05) is 10.2 Å². The van der Waals surface area contributed by atoms with Crippen LogP contribution in [-0.4, -0.2) is 16.9 Å². The zero-order chi connectivity index (χ0) is 16.6. The van der Waals surface area contributed by atoms with Gasteiger partial charge in [-0.15, -0.1) is 0 Å². The first kappa shape index (κ1) is 15.5. The van der Waals surface area contributed by atoms with Gasteiger partial charge in [0.2, 0.25) is 5.91 Å². The smallest absolute Gasteiger partial charge is 0.224 e. The highest BCUT2D eigenvalue weighted by molar-refractivity contribution is 5.93. The Balaban J connectivity index is 2.03. The third-order valence-corrected chi connectivity index (χ3v) is 4.76. The minimum Gasteiger partial charge on any atom is -0.377 e. The van der Waals surface area contributed by atoms with Crippen molar-refractivity contribution in [1.82, 2.24) is 4.98 Å². The van der Waals surface area contributed by atoms with Crippen LogP contribution >= 0.6 is 0 Å². The van der Waals surface area contributed by atoms with E-state index in [0.717, 1.165) is 22.5 Å². The number of hydrogen-bond acceptors (Lipinski definition) is 3. The summed E-state index contributed by atoms with van der Waals surface area (Å²) in [7, 11) is 0. The lowest BCUT2D eigenvalue weighted by Crippen LogP contribution is -2.48. The molecule has 0 bridgehead atoms. The standard InChI is InChI=1S/C19H23N3O/c1-12-9-16(11-20-10-12)21-19-13(2)14(3)22(15(4)23)18-8-6-5-7-17(18)19/h5-11,13-14,19,21H,1-4H3. The second kappa shape index (κ2) is 6.03. The summed E-state index contributed by atoms with van der Waals surface area (Å²) in [5, 5.41) is 3.62. The zero-order valence-corrected chi connectivity index (χ0v) is 14.1. The lowest BCUT2D eigenvalue weighted by molar-refractivity contribution is -0.117. The number of fused-ring (bicyclic) bond motifs is 1. The molecule has 0 aliphatic carbocycles. The van der Waals surface area contributed by atoms with Crippen LogP contribution in [0.15, 0.2) is 42.7 Å². The van der Waals surface area contributed by atoms with Gasteiger partial charge in [0.05, 0.1) is 11.7 Å². The lowest BCUT2D eigenvalue weighted by atomic mass is 9.82. The molecule has 4 heteroatoms. The Morgan fingerprint density at radius 3 is 2.65 bits per heavy atom. The van der Waals surface area contributed by atoms with E-state index in [9.17, 15) is 4.79 Å². The number of nitrogens with one attached hydrogen (secondary N) is 1. The number of para-hydroxylation sites is 1. The van der Waals surface area contributed by atoms with Gasteiger partial charge in [0, 0.05) is 37.0 Å². The summed E-state index contributed by atoms with van der Waals surface area (Å²) in [6.45, 7) is 7.98. The van der Waals surface area contributed by atoms with Crippen molar-refractivity contribution in [3.05, 3.63) is 53.9 Å². The third kappa shape index (κ3) is 2.81. The molecule has 1 aliphatic heterocycles. The van der Waals surface area contributed by atoms with Crippen LogP contribution in [0.25, 0.3) is 0 Å². The fraction of sp³-hybridized carbons (Fsp3) is 0.368. The highest BCUT2D eigenvalue weighted by Crippen LogP contribution is 2.42. The number of rotatable bonds is 2. The number of pyridine rings is 1. The molecule has 0 saturated heterocycles. The van der Waals surface area contributed by atoms with Crippen LogP contribution in [0.3, 0.4) is 0 Å². The number of nitrogens with zero attached hydrogens (tertiary/aromatic N) is 2. The van der Waals surface area contributed by atoms with Crippen LogP contribution < -0.4 is 10.2 Å². The highest BCUT2D eigenvalue weighted by Gasteiger charge is 2.37. The van der Waals surface area contributed by atoms with Crippen LogP contribution in [-0.2, 0) is 4.79 Å². The number of amides is 1. The molecular formula is C19H23N3O.